The fourth-order valence-corrected chi connectivity index (χ4v) is 1.63. The fraction of sp³-hybridized carbons (Fsp3) is 0.0909. The molecule has 0 bridgehead atoms. The first-order valence-electron chi connectivity index (χ1n) is 4.53. The van der Waals surface area contributed by atoms with Crippen LogP contribution in [0.3, 0.4) is 0 Å². The van der Waals surface area contributed by atoms with Crippen LogP contribution in [-0.2, 0) is 4.79 Å². The molecule has 5 heteroatoms. The minimum absolute atomic E-state index is 0.0311. The normalized spacial score (nSPS) is 15.5. The second kappa shape index (κ2) is 3.87. The maximum Gasteiger partial charge on any atom is 0.272 e. The van der Waals surface area contributed by atoms with Crippen LogP contribution < -0.4 is 4.90 Å². The van der Waals surface area contributed by atoms with Gasteiger partial charge in [0.15, 0.2) is 5.57 Å². The van der Waals surface area contributed by atoms with Crippen molar-refractivity contribution in [1.82, 2.24) is 0 Å². The maximum absolute atomic E-state index is 11.7. The van der Waals surface area contributed by atoms with E-state index in [4.69, 9.17) is 16.9 Å². The van der Waals surface area contributed by atoms with Crippen molar-refractivity contribution in [3.8, 4) is 6.07 Å². The summed E-state index contributed by atoms with van der Waals surface area (Å²) in [6.07, 6.45) is 0. The summed E-state index contributed by atoms with van der Waals surface area (Å²) in [6.45, 7) is 0.0311. The first kappa shape index (κ1) is 10.5. The number of anilines is 1. The lowest BCUT2D eigenvalue weighted by Gasteiger charge is -2.15. The van der Waals surface area contributed by atoms with E-state index < -0.39 is 5.91 Å². The minimum atomic E-state index is -0.484. The Bertz CT molecular complexity index is 514. The second-order valence-corrected chi connectivity index (χ2v) is 3.74. The van der Waals surface area contributed by atoms with Crippen LogP contribution in [0.4, 0.5) is 5.69 Å². The lowest BCUT2D eigenvalue weighted by molar-refractivity contribution is -0.114. The third-order valence-electron chi connectivity index (χ3n) is 2.31. The fourth-order valence-electron chi connectivity index (χ4n) is 1.50. The summed E-state index contributed by atoms with van der Waals surface area (Å²) in [5.74, 6) is -0.676. The van der Waals surface area contributed by atoms with Gasteiger partial charge in [0, 0.05) is 10.7 Å². The summed E-state index contributed by atoms with van der Waals surface area (Å²) >= 11 is 5.72. The molecule has 1 aromatic rings. The highest BCUT2D eigenvalue weighted by molar-refractivity contribution is 6.30. The lowest BCUT2D eigenvalue weighted by Crippen LogP contribution is -2.26. The number of nitriles is 1. The van der Waals surface area contributed by atoms with Gasteiger partial charge < -0.3 is 10.0 Å². The maximum atomic E-state index is 11.7. The molecule has 1 amide bonds. The van der Waals surface area contributed by atoms with Crippen LogP contribution in [0, 0.1) is 11.3 Å². The molecule has 0 unspecified atom stereocenters. The topological polar surface area (TPSA) is 64.3 Å². The van der Waals surface area contributed by atoms with Crippen molar-refractivity contribution >= 4 is 23.2 Å². The van der Waals surface area contributed by atoms with Gasteiger partial charge in [-0.3, -0.25) is 4.79 Å². The van der Waals surface area contributed by atoms with Crippen molar-refractivity contribution < 1.29 is 9.90 Å². The van der Waals surface area contributed by atoms with Crippen LogP contribution in [0.1, 0.15) is 0 Å². The Morgan fingerprint density at radius 2 is 2.00 bits per heavy atom. The Morgan fingerprint density at radius 1 is 1.38 bits per heavy atom. The highest BCUT2D eigenvalue weighted by Gasteiger charge is 2.31. The van der Waals surface area contributed by atoms with Gasteiger partial charge in [-0.1, -0.05) is 11.6 Å². The predicted octanol–water partition coefficient (Wildman–Crippen LogP) is 2.02. The van der Waals surface area contributed by atoms with Crippen LogP contribution in [0.2, 0.25) is 5.02 Å². The Kier molecular flexibility index (Phi) is 2.55. The van der Waals surface area contributed by atoms with Gasteiger partial charge in [-0.15, -0.1) is 0 Å². The zero-order chi connectivity index (χ0) is 11.7. The molecule has 1 aromatic carbocycles. The van der Waals surface area contributed by atoms with Gasteiger partial charge in [0.2, 0.25) is 0 Å². The molecule has 0 aliphatic carbocycles. The highest BCUT2D eigenvalue weighted by atomic mass is 35.5. The number of carbonyl (C=O) groups is 1. The number of aliphatic hydroxyl groups excluding tert-OH is 1. The first-order chi connectivity index (χ1) is 7.63. The number of hydrogen-bond donors (Lipinski definition) is 1. The van der Waals surface area contributed by atoms with E-state index in [9.17, 15) is 9.90 Å². The Hall–Kier alpha value is -1.99. The van der Waals surface area contributed by atoms with Crippen LogP contribution in [-0.4, -0.2) is 17.6 Å². The van der Waals surface area contributed by atoms with Gasteiger partial charge in [-0.2, -0.15) is 5.26 Å². The number of amides is 1. The molecule has 1 aliphatic heterocycles. The van der Waals surface area contributed by atoms with E-state index in [0.717, 1.165) is 0 Å². The number of halogens is 1. The van der Waals surface area contributed by atoms with Gasteiger partial charge in [-0.05, 0) is 24.3 Å². The van der Waals surface area contributed by atoms with Gasteiger partial charge in [-0.25, -0.2) is 0 Å². The third-order valence-corrected chi connectivity index (χ3v) is 2.56. The van der Waals surface area contributed by atoms with E-state index in [1.165, 1.54) is 4.90 Å². The summed E-state index contributed by atoms with van der Waals surface area (Å²) in [7, 11) is 0. The number of benzene rings is 1. The molecule has 80 valence electrons. The molecule has 1 aliphatic rings. The first-order valence-corrected chi connectivity index (χ1v) is 4.91. The largest absolute Gasteiger partial charge is 0.509 e. The van der Waals surface area contributed by atoms with E-state index in [0.29, 0.717) is 10.7 Å². The van der Waals surface area contributed by atoms with Crippen molar-refractivity contribution in [3.05, 3.63) is 40.6 Å². The Balaban J connectivity index is 2.32. The number of carbonyl (C=O) groups excluding carboxylic acids is 1. The molecule has 0 saturated carbocycles. The van der Waals surface area contributed by atoms with E-state index in [-0.39, 0.29) is 17.9 Å². The quantitative estimate of drug-likeness (QED) is 0.809. The molecular formula is C11H7ClN2O2. The summed E-state index contributed by atoms with van der Waals surface area (Å²) < 4.78 is 0. The molecule has 0 atom stereocenters. The SMILES string of the molecule is N#CC1=C(O)CN(c2ccc(Cl)cc2)C1=O. The summed E-state index contributed by atoms with van der Waals surface area (Å²) in [4.78, 5) is 13.0. The molecular weight excluding hydrogens is 228 g/mol. The van der Waals surface area contributed by atoms with Gasteiger partial charge in [0.1, 0.15) is 11.8 Å². The predicted molar refractivity (Wildman–Crippen MR) is 59.1 cm³/mol. The minimum Gasteiger partial charge on any atom is -0.509 e. The van der Waals surface area contributed by atoms with Gasteiger partial charge in [0.05, 0.1) is 6.54 Å². The van der Waals surface area contributed by atoms with Crippen molar-refractivity contribution in [2.24, 2.45) is 0 Å². The zero-order valence-corrected chi connectivity index (χ0v) is 8.90. The number of hydrogen-bond acceptors (Lipinski definition) is 3. The summed E-state index contributed by atoms with van der Waals surface area (Å²) in [5, 5.41) is 18.7. The average molecular weight is 235 g/mol. The smallest absolute Gasteiger partial charge is 0.272 e. The monoisotopic (exact) mass is 234 g/mol. The zero-order valence-electron chi connectivity index (χ0n) is 8.14. The second-order valence-electron chi connectivity index (χ2n) is 3.30. The van der Waals surface area contributed by atoms with Crippen molar-refractivity contribution in [1.29, 1.82) is 5.26 Å². The third kappa shape index (κ3) is 1.62. The Morgan fingerprint density at radius 3 is 2.50 bits per heavy atom. The highest BCUT2D eigenvalue weighted by Crippen LogP contribution is 2.25. The van der Waals surface area contributed by atoms with E-state index in [1.807, 2.05) is 0 Å². The van der Waals surface area contributed by atoms with Crippen molar-refractivity contribution in [2.75, 3.05) is 11.4 Å². The molecule has 0 aromatic heterocycles. The number of nitrogens with zero attached hydrogens (tertiary/aromatic N) is 2. The molecule has 2 rings (SSSR count). The van der Waals surface area contributed by atoms with Gasteiger partial charge >= 0.3 is 0 Å². The molecule has 0 saturated heterocycles. The van der Waals surface area contributed by atoms with Gasteiger partial charge in [0.25, 0.3) is 5.91 Å². The van der Waals surface area contributed by atoms with Crippen LogP contribution in [0.25, 0.3) is 0 Å². The standard InChI is InChI=1S/C11H7ClN2O2/c12-7-1-3-8(4-2-7)14-6-10(15)9(5-13)11(14)16/h1-4,15H,6H2. The van der Waals surface area contributed by atoms with E-state index in [2.05, 4.69) is 0 Å². The molecule has 16 heavy (non-hydrogen) atoms. The van der Waals surface area contributed by atoms with E-state index in [1.54, 1.807) is 30.3 Å². The number of aliphatic hydroxyl groups is 1. The van der Waals surface area contributed by atoms with Crippen LogP contribution in [0.5, 0.6) is 0 Å². The Labute approximate surface area is 97.0 Å². The lowest BCUT2D eigenvalue weighted by atomic mass is 10.2. The summed E-state index contributed by atoms with van der Waals surface area (Å²) in [5.41, 5.74) is 0.404. The van der Waals surface area contributed by atoms with Crippen molar-refractivity contribution in [3.63, 3.8) is 0 Å². The molecule has 4 nitrogen and oxygen atoms in total. The molecule has 1 heterocycles. The molecule has 0 radical (unpaired) electrons. The van der Waals surface area contributed by atoms with E-state index >= 15 is 0 Å². The number of rotatable bonds is 1. The average Bonchev–Trinajstić information content (AvgIpc) is 2.55. The molecule has 1 N–H and O–H groups in total. The molecule has 0 fully saturated rings. The molecule has 0 spiro atoms. The van der Waals surface area contributed by atoms with Crippen molar-refractivity contribution in [2.45, 2.75) is 0 Å². The van der Waals surface area contributed by atoms with Crippen LogP contribution in [0.15, 0.2) is 35.6 Å². The van der Waals surface area contributed by atoms with Crippen LogP contribution >= 0.6 is 11.6 Å². The summed E-state index contributed by atoms with van der Waals surface area (Å²) in [6, 6.07) is 8.30.